The van der Waals surface area contributed by atoms with E-state index in [-0.39, 0.29) is 5.91 Å². The summed E-state index contributed by atoms with van der Waals surface area (Å²) in [5.41, 5.74) is 4.83. The number of furan rings is 1. The van der Waals surface area contributed by atoms with Crippen molar-refractivity contribution in [2.75, 3.05) is 24.7 Å². The minimum absolute atomic E-state index is 0.292. The van der Waals surface area contributed by atoms with E-state index in [1.165, 1.54) is 31.5 Å². The van der Waals surface area contributed by atoms with Crippen LogP contribution in [0.5, 0.6) is 0 Å². The van der Waals surface area contributed by atoms with Crippen LogP contribution in [0, 0.1) is 12.7 Å². The van der Waals surface area contributed by atoms with Gasteiger partial charge in [-0.3, -0.25) is 9.10 Å². The lowest BCUT2D eigenvalue weighted by Gasteiger charge is -2.21. The van der Waals surface area contributed by atoms with Crippen LogP contribution >= 0.6 is 11.3 Å². The van der Waals surface area contributed by atoms with Crippen LogP contribution in [-0.2, 0) is 10.0 Å². The molecule has 0 aliphatic heterocycles. The molecular weight excluding hydrogens is 574 g/mol. The molecule has 6 rings (SSSR count). The SMILES string of the molecule is CNC(=O)c1c(-c2ccc(C)cc2)oc2cc(N(C)S(C)(=O)=O)c(-c3ccc(F)c(-c4nc5ccccc5s4)c3)cc12. The summed E-state index contributed by atoms with van der Waals surface area (Å²) in [6.07, 6.45) is 1.11. The first-order chi connectivity index (χ1) is 20.0. The molecule has 2 heterocycles. The van der Waals surface area contributed by atoms with E-state index in [1.54, 1.807) is 24.3 Å². The summed E-state index contributed by atoms with van der Waals surface area (Å²) in [5, 5.41) is 3.69. The topological polar surface area (TPSA) is 92.5 Å². The normalized spacial score (nSPS) is 11.7. The first kappa shape index (κ1) is 27.6. The second kappa shape index (κ2) is 10.4. The summed E-state index contributed by atoms with van der Waals surface area (Å²) in [7, 11) is -0.711. The molecule has 0 fully saturated rings. The van der Waals surface area contributed by atoms with Crippen LogP contribution in [0.2, 0.25) is 0 Å². The first-order valence-corrected chi connectivity index (χ1v) is 15.7. The zero-order chi connectivity index (χ0) is 29.8. The van der Waals surface area contributed by atoms with E-state index in [9.17, 15) is 13.2 Å². The summed E-state index contributed by atoms with van der Waals surface area (Å²) in [5.74, 6) is -0.439. The van der Waals surface area contributed by atoms with Gasteiger partial charge in [0.05, 0.1) is 27.7 Å². The molecule has 0 bridgehead atoms. The third-order valence-electron chi connectivity index (χ3n) is 7.21. The van der Waals surface area contributed by atoms with Crippen LogP contribution in [0.15, 0.2) is 83.3 Å². The highest BCUT2D eigenvalue weighted by Crippen LogP contribution is 2.43. The molecule has 0 radical (unpaired) electrons. The third-order valence-corrected chi connectivity index (χ3v) is 9.47. The number of halogens is 1. The van der Waals surface area contributed by atoms with Crippen molar-refractivity contribution in [2.24, 2.45) is 0 Å². The van der Waals surface area contributed by atoms with Crippen LogP contribution < -0.4 is 9.62 Å². The van der Waals surface area contributed by atoms with Gasteiger partial charge in [0.15, 0.2) is 0 Å². The van der Waals surface area contributed by atoms with E-state index < -0.39 is 15.8 Å². The number of carbonyl (C=O) groups is 1. The smallest absolute Gasteiger partial charge is 0.255 e. The summed E-state index contributed by atoms with van der Waals surface area (Å²) < 4.78 is 49.0. The fraction of sp³-hybridized carbons (Fsp3) is 0.125. The van der Waals surface area contributed by atoms with Gasteiger partial charge >= 0.3 is 0 Å². The van der Waals surface area contributed by atoms with Gasteiger partial charge in [0.25, 0.3) is 5.91 Å². The molecule has 0 spiro atoms. The van der Waals surface area contributed by atoms with Crippen LogP contribution in [-0.4, -0.2) is 39.7 Å². The van der Waals surface area contributed by atoms with Gasteiger partial charge in [-0.1, -0.05) is 48.0 Å². The Morgan fingerprint density at radius 3 is 2.38 bits per heavy atom. The predicted molar refractivity (Wildman–Crippen MR) is 167 cm³/mol. The average molecular weight is 600 g/mol. The van der Waals surface area contributed by atoms with Gasteiger partial charge in [0.2, 0.25) is 10.0 Å². The summed E-state index contributed by atoms with van der Waals surface area (Å²) in [6, 6.07) is 23.1. The number of anilines is 1. The number of sulfonamides is 1. The molecule has 212 valence electrons. The standard InChI is InChI=1S/C32H26FN3O4S2/c1-18-9-11-19(12-10-18)30-29(31(37)34-2)23-16-21(26(17-27(23)40-30)36(3)42(4,38)39)20-13-14-24(33)22(15-20)32-35-25-7-5-6-8-28(25)41-32/h5-17H,1-4H3,(H,34,37). The lowest BCUT2D eigenvalue weighted by Crippen LogP contribution is -2.25. The van der Waals surface area contributed by atoms with Crippen molar-refractivity contribution in [3.8, 4) is 33.0 Å². The minimum atomic E-state index is -3.70. The molecular formula is C32H26FN3O4S2. The average Bonchev–Trinajstić information content (AvgIpc) is 3.57. The molecule has 42 heavy (non-hydrogen) atoms. The van der Waals surface area contributed by atoms with E-state index in [0.717, 1.165) is 26.3 Å². The lowest BCUT2D eigenvalue weighted by molar-refractivity contribution is 0.0964. The van der Waals surface area contributed by atoms with Crippen molar-refractivity contribution in [2.45, 2.75) is 6.92 Å². The van der Waals surface area contributed by atoms with Crippen molar-refractivity contribution in [3.05, 3.63) is 95.8 Å². The minimum Gasteiger partial charge on any atom is -0.455 e. The molecule has 1 amide bonds. The molecule has 1 N–H and O–H groups in total. The number of thiazole rings is 1. The zero-order valence-electron chi connectivity index (χ0n) is 23.2. The Hall–Kier alpha value is -4.54. The first-order valence-electron chi connectivity index (χ1n) is 13.0. The van der Waals surface area contributed by atoms with Crippen LogP contribution in [0.1, 0.15) is 15.9 Å². The number of nitrogens with zero attached hydrogens (tertiary/aromatic N) is 2. The number of benzene rings is 4. The Kier molecular flexibility index (Phi) is 6.83. The van der Waals surface area contributed by atoms with Crippen molar-refractivity contribution in [3.63, 3.8) is 0 Å². The number of fused-ring (bicyclic) bond motifs is 2. The monoisotopic (exact) mass is 599 g/mol. The predicted octanol–water partition coefficient (Wildman–Crippen LogP) is 7.25. The number of aromatic nitrogens is 1. The Bertz CT molecular complexity index is 2080. The van der Waals surface area contributed by atoms with Crippen LogP contribution in [0.4, 0.5) is 10.1 Å². The molecule has 0 saturated carbocycles. The Labute approximate surface area is 246 Å². The molecule has 0 unspecified atom stereocenters. The largest absolute Gasteiger partial charge is 0.455 e. The van der Waals surface area contributed by atoms with Gasteiger partial charge in [-0.15, -0.1) is 11.3 Å². The van der Waals surface area contributed by atoms with Gasteiger partial charge in [-0.25, -0.2) is 17.8 Å². The fourth-order valence-electron chi connectivity index (χ4n) is 4.91. The van der Waals surface area contributed by atoms with Crippen molar-refractivity contribution < 1.29 is 22.0 Å². The van der Waals surface area contributed by atoms with Crippen LogP contribution in [0.25, 0.3) is 54.2 Å². The van der Waals surface area contributed by atoms with Gasteiger partial charge in [-0.2, -0.15) is 0 Å². The zero-order valence-corrected chi connectivity index (χ0v) is 24.9. The number of aryl methyl sites for hydroxylation is 1. The van der Waals surface area contributed by atoms with Crippen molar-refractivity contribution >= 4 is 54.1 Å². The number of para-hydroxylation sites is 1. The highest BCUT2D eigenvalue weighted by atomic mass is 32.2. The number of carbonyl (C=O) groups excluding carboxylic acids is 1. The van der Waals surface area contributed by atoms with E-state index in [4.69, 9.17) is 4.42 Å². The maximum atomic E-state index is 15.2. The van der Waals surface area contributed by atoms with Crippen molar-refractivity contribution in [1.82, 2.24) is 10.3 Å². The fourth-order valence-corrected chi connectivity index (χ4v) is 6.40. The van der Waals surface area contributed by atoms with Gasteiger partial charge in [0, 0.05) is 42.2 Å². The van der Waals surface area contributed by atoms with Crippen molar-refractivity contribution in [1.29, 1.82) is 0 Å². The Balaban J connectivity index is 1.63. The number of nitrogens with one attached hydrogen (secondary N) is 1. The summed E-state index contributed by atoms with van der Waals surface area (Å²) in [6.45, 7) is 1.97. The molecule has 0 atom stereocenters. The summed E-state index contributed by atoms with van der Waals surface area (Å²) in [4.78, 5) is 17.8. The Morgan fingerprint density at radius 1 is 0.976 bits per heavy atom. The molecule has 7 nitrogen and oxygen atoms in total. The maximum Gasteiger partial charge on any atom is 0.255 e. The highest BCUT2D eigenvalue weighted by Gasteiger charge is 2.26. The number of amides is 1. The number of hydrogen-bond donors (Lipinski definition) is 1. The summed E-state index contributed by atoms with van der Waals surface area (Å²) >= 11 is 1.37. The molecule has 6 aromatic rings. The lowest BCUT2D eigenvalue weighted by atomic mass is 9.97. The van der Waals surface area contributed by atoms with E-state index in [0.29, 0.717) is 55.2 Å². The van der Waals surface area contributed by atoms with E-state index in [2.05, 4.69) is 10.3 Å². The second-order valence-electron chi connectivity index (χ2n) is 10.0. The van der Waals surface area contributed by atoms with E-state index in [1.807, 2.05) is 55.5 Å². The second-order valence-corrected chi connectivity index (χ2v) is 13.1. The molecule has 2 aromatic heterocycles. The van der Waals surface area contributed by atoms with Crippen LogP contribution in [0.3, 0.4) is 0 Å². The quantitative estimate of drug-likeness (QED) is 0.218. The molecule has 0 aliphatic carbocycles. The third kappa shape index (κ3) is 4.82. The molecule has 4 aromatic carbocycles. The molecule has 0 saturated heterocycles. The molecule has 10 heteroatoms. The highest BCUT2D eigenvalue weighted by molar-refractivity contribution is 7.92. The Morgan fingerprint density at radius 2 is 1.69 bits per heavy atom. The van der Waals surface area contributed by atoms with Gasteiger partial charge in [-0.05, 0) is 42.8 Å². The van der Waals surface area contributed by atoms with E-state index >= 15 is 4.39 Å². The van der Waals surface area contributed by atoms with Gasteiger partial charge in [0.1, 0.15) is 22.2 Å². The number of hydrogen-bond acceptors (Lipinski definition) is 6. The number of rotatable bonds is 6. The maximum absolute atomic E-state index is 15.2. The molecule has 0 aliphatic rings. The van der Waals surface area contributed by atoms with Gasteiger partial charge < -0.3 is 9.73 Å².